The Balaban J connectivity index is 2.43. The first kappa shape index (κ1) is 17.7. The van der Waals surface area contributed by atoms with Gasteiger partial charge in [-0.3, -0.25) is 0 Å². The van der Waals surface area contributed by atoms with Gasteiger partial charge in [-0.25, -0.2) is 14.3 Å². The summed E-state index contributed by atoms with van der Waals surface area (Å²) < 4.78 is 6.47. The molecule has 7 heteroatoms. The maximum Gasteiger partial charge on any atom is 0.343 e. The molecule has 0 atom stereocenters. The van der Waals surface area contributed by atoms with Gasteiger partial charge in [0.1, 0.15) is 11.3 Å². The molecule has 0 amide bonds. The zero-order chi connectivity index (χ0) is 19.2. The van der Waals surface area contributed by atoms with E-state index in [0.717, 1.165) is 11.1 Å². The van der Waals surface area contributed by atoms with Crippen LogP contribution in [0.2, 0.25) is 0 Å². The van der Waals surface area contributed by atoms with Crippen molar-refractivity contribution in [1.29, 1.82) is 0 Å². The van der Waals surface area contributed by atoms with Gasteiger partial charge in [0.2, 0.25) is 0 Å². The number of aromatic hydroxyl groups is 1. The molecule has 2 heterocycles. The predicted octanol–water partition coefficient (Wildman–Crippen LogP) is 3.21. The quantitative estimate of drug-likeness (QED) is 0.700. The van der Waals surface area contributed by atoms with Crippen molar-refractivity contribution in [3.05, 3.63) is 40.8 Å². The standard InChI is InChI=1S/C19H22N4O3/c1-9(2)17-21-18-15(19(25)26-5)16(20)12(8-23(18)22-17)14-10(3)6-7-13(24)11(14)4/h6-9,24H,20H2,1-5H3. The van der Waals surface area contributed by atoms with Crippen molar-refractivity contribution in [3.8, 4) is 16.9 Å². The fourth-order valence-electron chi connectivity index (χ4n) is 3.04. The highest BCUT2D eigenvalue weighted by Gasteiger charge is 2.24. The summed E-state index contributed by atoms with van der Waals surface area (Å²) in [6.07, 6.45) is 1.74. The van der Waals surface area contributed by atoms with Gasteiger partial charge in [-0.2, -0.15) is 5.10 Å². The SMILES string of the molecule is COC(=O)c1c(N)c(-c2c(C)ccc(O)c2C)cn2nc(C(C)C)nc12. The van der Waals surface area contributed by atoms with Gasteiger partial charge in [0.15, 0.2) is 11.5 Å². The Labute approximate surface area is 151 Å². The summed E-state index contributed by atoms with van der Waals surface area (Å²) in [7, 11) is 1.30. The minimum Gasteiger partial charge on any atom is -0.508 e. The van der Waals surface area contributed by atoms with Crippen molar-refractivity contribution >= 4 is 17.3 Å². The number of aryl methyl sites for hydroxylation is 1. The van der Waals surface area contributed by atoms with Crippen LogP contribution in [0, 0.1) is 13.8 Å². The van der Waals surface area contributed by atoms with Gasteiger partial charge in [-0.1, -0.05) is 19.9 Å². The highest BCUT2D eigenvalue weighted by Crippen LogP contribution is 2.38. The summed E-state index contributed by atoms with van der Waals surface area (Å²) in [6.45, 7) is 7.67. The number of carbonyl (C=O) groups excluding carboxylic acids is 1. The molecular weight excluding hydrogens is 332 g/mol. The molecule has 0 bridgehead atoms. The average molecular weight is 354 g/mol. The maximum atomic E-state index is 12.4. The Morgan fingerprint density at radius 1 is 1.31 bits per heavy atom. The number of phenols is 1. The smallest absolute Gasteiger partial charge is 0.343 e. The molecule has 3 N–H and O–H groups in total. The number of methoxy groups -OCH3 is 1. The maximum absolute atomic E-state index is 12.4. The number of benzene rings is 1. The number of esters is 1. The molecule has 0 spiro atoms. The molecule has 0 unspecified atom stereocenters. The number of carbonyl (C=O) groups is 1. The van der Waals surface area contributed by atoms with Crippen LogP contribution in [0.1, 0.15) is 47.1 Å². The third kappa shape index (κ3) is 2.65. The number of pyridine rings is 1. The van der Waals surface area contributed by atoms with E-state index in [0.29, 0.717) is 22.6 Å². The molecule has 26 heavy (non-hydrogen) atoms. The van der Waals surface area contributed by atoms with E-state index in [1.807, 2.05) is 20.8 Å². The Hall–Kier alpha value is -3.09. The van der Waals surface area contributed by atoms with Crippen LogP contribution in [0.15, 0.2) is 18.3 Å². The molecule has 0 aliphatic carbocycles. The number of rotatable bonds is 3. The van der Waals surface area contributed by atoms with Gasteiger partial charge in [0.25, 0.3) is 0 Å². The van der Waals surface area contributed by atoms with Gasteiger partial charge in [0, 0.05) is 17.7 Å². The van der Waals surface area contributed by atoms with Crippen LogP contribution in [0.3, 0.4) is 0 Å². The third-order valence-corrected chi connectivity index (χ3v) is 4.50. The summed E-state index contributed by atoms with van der Waals surface area (Å²) in [6, 6.07) is 3.44. The Bertz CT molecular complexity index is 1020. The molecule has 0 radical (unpaired) electrons. The zero-order valence-corrected chi connectivity index (χ0v) is 15.5. The van der Waals surface area contributed by atoms with Gasteiger partial charge in [-0.05, 0) is 36.6 Å². The summed E-state index contributed by atoms with van der Waals surface area (Å²) in [5, 5.41) is 14.6. The number of hydrogen-bond acceptors (Lipinski definition) is 6. The second-order valence-corrected chi connectivity index (χ2v) is 6.62. The number of hydrogen-bond donors (Lipinski definition) is 2. The third-order valence-electron chi connectivity index (χ3n) is 4.50. The molecule has 0 aliphatic rings. The number of nitrogens with two attached hydrogens (primary N) is 1. The normalized spacial score (nSPS) is 11.3. The lowest BCUT2D eigenvalue weighted by Gasteiger charge is -2.16. The van der Waals surface area contributed by atoms with E-state index < -0.39 is 5.97 Å². The molecule has 1 aromatic carbocycles. The summed E-state index contributed by atoms with van der Waals surface area (Å²) in [5.74, 6) is 0.282. The molecular formula is C19H22N4O3. The lowest BCUT2D eigenvalue weighted by molar-refractivity contribution is 0.0603. The van der Waals surface area contributed by atoms with Crippen molar-refractivity contribution < 1.29 is 14.6 Å². The van der Waals surface area contributed by atoms with Crippen LogP contribution in [-0.2, 0) is 4.74 Å². The minimum atomic E-state index is -0.576. The van der Waals surface area contributed by atoms with Crippen LogP contribution in [0.25, 0.3) is 16.8 Å². The number of ether oxygens (including phenoxy) is 1. The van der Waals surface area contributed by atoms with Crippen LogP contribution < -0.4 is 5.73 Å². The number of anilines is 1. The molecule has 0 saturated carbocycles. The number of fused-ring (bicyclic) bond motifs is 1. The largest absolute Gasteiger partial charge is 0.508 e. The molecule has 0 fully saturated rings. The van der Waals surface area contributed by atoms with E-state index in [1.54, 1.807) is 29.8 Å². The van der Waals surface area contributed by atoms with Crippen molar-refractivity contribution in [1.82, 2.24) is 14.6 Å². The molecule has 3 aromatic rings. The topological polar surface area (TPSA) is 103 Å². The second-order valence-electron chi connectivity index (χ2n) is 6.62. The van der Waals surface area contributed by atoms with Gasteiger partial charge in [-0.15, -0.1) is 0 Å². The van der Waals surface area contributed by atoms with E-state index in [1.165, 1.54) is 7.11 Å². The Morgan fingerprint density at radius 3 is 2.62 bits per heavy atom. The zero-order valence-electron chi connectivity index (χ0n) is 15.5. The first-order valence-corrected chi connectivity index (χ1v) is 8.32. The van der Waals surface area contributed by atoms with Crippen LogP contribution in [0.5, 0.6) is 5.75 Å². The summed E-state index contributed by atoms with van der Waals surface area (Å²) >= 11 is 0. The number of phenolic OH excluding ortho intramolecular Hbond substituents is 1. The fourth-order valence-corrected chi connectivity index (χ4v) is 3.04. The number of aromatic nitrogens is 3. The van der Waals surface area contributed by atoms with Crippen molar-refractivity contribution in [3.63, 3.8) is 0 Å². The van der Waals surface area contributed by atoms with Crippen LogP contribution in [-0.4, -0.2) is 32.8 Å². The van der Waals surface area contributed by atoms with Crippen LogP contribution >= 0.6 is 0 Å². The van der Waals surface area contributed by atoms with Crippen molar-refractivity contribution in [2.75, 3.05) is 12.8 Å². The lowest BCUT2D eigenvalue weighted by Crippen LogP contribution is -2.11. The fraction of sp³-hybridized carbons (Fsp3) is 0.316. The van der Waals surface area contributed by atoms with Crippen molar-refractivity contribution in [2.45, 2.75) is 33.6 Å². The second kappa shape index (κ2) is 6.33. The molecule has 136 valence electrons. The molecule has 0 saturated heterocycles. The monoisotopic (exact) mass is 354 g/mol. The summed E-state index contributed by atoms with van der Waals surface area (Å²) in [4.78, 5) is 16.9. The average Bonchev–Trinajstić information content (AvgIpc) is 3.02. The molecule has 2 aromatic heterocycles. The Morgan fingerprint density at radius 2 is 2.00 bits per heavy atom. The number of nitrogen functional groups attached to an aromatic ring is 1. The van der Waals surface area contributed by atoms with Crippen LogP contribution in [0.4, 0.5) is 5.69 Å². The van der Waals surface area contributed by atoms with Gasteiger partial charge >= 0.3 is 5.97 Å². The van der Waals surface area contributed by atoms with E-state index in [9.17, 15) is 9.90 Å². The van der Waals surface area contributed by atoms with E-state index in [4.69, 9.17) is 10.5 Å². The first-order chi connectivity index (χ1) is 12.3. The molecule has 3 rings (SSSR count). The minimum absolute atomic E-state index is 0.0920. The predicted molar refractivity (Wildman–Crippen MR) is 99.4 cm³/mol. The van der Waals surface area contributed by atoms with E-state index >= 15 is 0 Å². The first-order valence-electron chi connectivity index (χ1n) is 8.32. The Kier molecular flexibility index (Phi) is 4.31. The lowest BCUT2D eigenvalue weighted by atomic mass is 9.94. The molecule has 7 nitrogen and oxygen atoms in total. The molecule has 0 aliphatic heterocycles. The highest BCUT2D eigenvalue weighted by atomic mass is 16.5. The van der Waals surface area contributed by atoms with E-state index in [-0.39, 0.29) is 22.9 Å². The highest BCUT2D eigenvalue weighted by molar-refractivity contribution is 6.05. The van der Waals surface area contributed by atoms with E-state index in [2.05, 4.69) is 10.1 Å². The van der Waals surface area contributed by atoms with Gasteiger partial charge < -0.3 is 15.6 Å². The van der Waals surface area contributed by atoms with Crippen molar-refractivity contribution in [2.24, 2.45) is 0 Å². The summed E-state index contributed by atoms with van der Waals surface area (Å²) in [5.41, 5.74) is 10.1. The number of nitrogens with zero attached hydrogens (tertiary/aromatic N) is 3. The van der Waals surface area contributed by atoms with Gasteiger partial charge in [0.05, 0.1) is 12.8 Å².